The maximum atomic E-state index is 14.3. The van der Waals surface area contributed by atoms with Crippen LogP contribution in [0.25, 0.3) is 0 Å². The Hall–Kier alpha value is -1.09. The predicted molar refractivity (Wildman–Crippen MR) is 117 cm³/mol. The van der Waals surface area contributed by atoms with Crippen molar-refractivity contribution in [3.8, 4) is 5.75 Å². The molecule has 1 aliphatic heterocycles. The fraction of sp³-hybridized carbons (Fsp3) is 0.650. The minimum Gasteiger partial charge on any atom is -0.490 e. The van der Waals surface area contributed by atoms with Crippen LogP contribution in [-0.4, -0.2) is 38.9 Å². The Bertz CT molecular complexity index is 619. The zero-order chi connectivity index (χ0) is 18.4. The van der Waals surface area contributed by atoms with Gasteiger partial charge >= 0.3 is 0 Å². The molecule has 1 saturated heterocycles. The van der Waals surface area contributed by atoms with Crippen LogP contribution in [0.4, 0.5) is 4.39 Å². The first-order chi connectivity index (χ1) is 12.7. The molecule has 2 unspecified atom stereocenters. The summed E-state index contributed by atoms with van der Waals surface area (Å²) in [6, 6.07) is 5.11. The van der Waals surface area contributed by atoms with E-state index in [4.69, 9.17) is 9.47 Å². The van der Waals surface area contributed by atoms with Crippen molar-refractivity contribution in [1.29, 1.82) is 0 Å². The molecule has 1 aliphatic carbocycles. The van der Waals surface area contributed by atoms with Crippen molar-refractivity contribution in [2.45, 2.75) is 51.2 Å². The van der Waals surface area contributed by atoms with E-state index in [1.54, 1.807) is 19.2 Å². The molecule has 152 valence electrons. The lowest BCUT2D eigenvalue weighted by molar-refractivity contribution is 0.105. The normalized spacial score (nSPS) is 20.7. The van der Waals surface area contributed by atoms with Crippen molar-refractivity contribution in [2.75, 3.05) is 26.8 Å². The third kappa shape index (κ3) is 7.10. The molecule has 2 N–H and O–H groups in total. The number of nitrogens with zero attached hydrogens (tertiary/aromatic N) is 1. The second-order valence-corrected chi connectivity index (χ2v) is 7.23. The second kappa shape index (κ2) is 11.0. The van der Waals surface area contributed by atoms with Crippen LogP contribution in [-0.2, 0) is 4.74 Å². The Balaban J connectivity index is 0.00000261. The van der Waals surface area contributed by atoms with E-state index in [2.05, 4.69) is 15.6 Å². The highest BCUT2D eigenvalue weighted by atomic mass is 127. The zero-order valence-corrected chi connectivity index (χ0v) is 18.5. The smallest absolute Gasteiger partial charge is 0.191 e. The third-order valence-electron chi connectivity index (χ3n) is 4.99. The van der Waals surface area contributed by atoms with Crippen molar-refractivity contribution in [3.05, 3.63) is 29.6 Å². The minimum absolute atomic E-state index is 0. The van der Waals surface area contributed by atoms with Crippen molar-refractivity contribution in [1.82, 2.24) is 10.6 Å². The molecule has 27 heavy (non-hydrogen) atoms. The number of nitrogens with one attached hydrogen (secondary N) is 2. The summed E-state index contributed by atoms with van der Waals surface area (Å²) in [7, 11) is 1.74. The van der Waals surface area contributed by atoms with E-state index in [0.29, 0.717) is 30.3 Å². The van der Waals surface area contributed by atoms with Gasteiger partial charge in [-0.3, -0.25) is 4.99 Å². The number of hydrogen-bond acceptors (Lipinski definition) is 3. The second-order valence-electron chi connectivity index (χ2n) is 7.23. The topological polar surface area (TPSA) is 54.9 Å². The minimum atomic E-state index is -0.307. The summed E-state index contributed by atoms with van der Waals surface area (Å²) < 4.78 is 25.4. The average Bonchev–Trinajstić information content (AvgIpc) is 3.33. The summed E-state index contributed by atoms with van der Waals surface area (Å²) in [6.45, 7) is 4.29. The van der Waals surface area contributed by atoms with Crippen molar-refractivity contribution in [2.24, 2.45) is 10.9 Å². The van der Waals surface area contributed by atoms with Crippen molar-refractivity contribution >= 4 is 29.9 Å². The van der Waals surface area contributed by atoms with Crippen LogP contribution in [0.2, 0.25) is 0 Å². The summed E-state index contributed by atoms with van der Waals surface area (Å²) in [6.07, 6.45) is 6.00. The lowest BCUT2D eigenvalue weighted by Gasteiger charge is -2.19. The van der Waals surface area contributed by atoms with Crippen LogP contribution in [0.5, 0.6) is 5.75 Å². The van der Waals surface area contributed by atoms with Gasteiger partial charge in [-0.1, -0.05) is 6.07 Å². The van der Waals surface area contributed by atoms with Gasteiger partial charge < -0.3 is 20.1 Å². The summed E-state index contributed by atoms with van der Waals surface area (Å²) >= 11 is 0. The highest BCUT2D eigenvalue weighted by Gasteiger charge is 2.22. The van der Waals surface area contributed by atoms with Gasteiger partial charge in [-0.15, -0.1) is 24.0 Å². The molecule has 3 rings (SSSR count). The van der Waals surface area contributed by atoms with Crippen LogP contribution < -0.4 is 15.4 Å². The number of benzene rings is 1. The highest BCUT2D eigenvalue weighted by Crippen LogP contribution is 2.30. The van der Waals surface area contributed by atoms with Gasteiger partial charge in [0.1, 0.15) is 0 Å². The van der Waals surface area contributed by atoms with E-state index >= 15 is 0 Å². The largest absolute Gasteiger partial charge is 0.490 e. The Morgan fingerprint density at radius 3 is 2.81 bits per heavy atom. The number of aliphatic imine (C=N–C) groups is 1. The molecule has 1 aromatic rings. The number of hydrogen-bond donors (Lipinski definition) is 2. The lowest BCUT2D eigenvalue weighted by Crippen LogP contribution is -2.39. The zero-order valence-electron chi connectivity index (χ0n) is 16.2. The van der Waals surface area contributed by atoms with Gasteiger partial charge in [0.05, 0.1) is 18.8 Å². The maximum absolute atomic E-state index is 14.3. The molecular weight excluding hydrogens is 460 g/mol. The molecule has 0 bridgehead atoms. The van der Waals surface area contributed by atoms with Gasteiger partial charge in [-0.05, 0) is 62.6 Å². The van der Waals surface area contributed by atoms with Crippen LogP contribution in [0.15, 0.2) is 23.2 Å². The fourth-order valence-corrected chi connectivity index (χ4v) is 3.10. The van der Waals surface area contributed by atoms with E-state index in [-0.39, 0.29) is 35.8 Å². The summed E-state index contributed by atoms with van der Waals surface area (Å²) in [5, 5.41) is 6.61. The third-order valence-corrected chi connectivity index (χ3v) is 4.99. The Labute approximate surface area is 178 Å². The van der Waals surface area contributed by atoms with Crippen molar-refractivity contribution < 1.29 is 13.9 Å². The Morgan fingerprint density at radius 2 is 2.19 bits per heavy atom. The van der Waals surface area contributed by atoms with E-state index in [9.17, 15) is 4.39 Å². The quantitative estimate of drug-likeness (QED) is 0.328. The molecule has 1 aromatic carbocycles. The van der Waals surface area contributed by atoms with Gasteiger partial charge in [-0.2, -0.15) is 0 Å². The fourth-order valence-electron chi connectivity index (χ4n) is 3.10. The standard InChI is InChI=1S/C20H30FN3O2.HI/c1-14(24-20(22-2)23-10-9-17-4-3-11-25-17)16-7-8-19(18(21)12-16)26-13-15-5-6-15;/h7-8,12,14-15,17H,3-6,9-11,13H2,1-2H3,(H2,22,23,24);1H. The molecular formula is C20H31FIN3O2. The molecule has 5 nitrogen and oxygen atoms in total. The van der Waals surface area contributed by atoms with E-state index in [1.807, 2.05) is 13.0 Å². The summed E-state index contributed by atoms with van der Waals surface area (Å²) in [5.74, 6) is 1.36. The number of guanidine groups is 1. The average molecular weight is 491 g/mol. The molecule has 0 amide bonds. The van der Waals surface area contributed by atoms with Crippen LogP contribution >= 0.6 is 24.0 Å². The van der Waals surface area contributed by atoms with E-state index in [0.717, 1.165) is 38.0 Å². The number of halogens is 2. The van der Waals surface area contributed by atoms with Crippen molar-refractivity contribution in [3.63, 3.8) is 0 Å². The monoisotopic (exact) mass is 491 g/mol. The van der Waals surface area contributed by atoms with Gasteiger partial charge in [-0.25, -0.2) is 4.39 Å². The first-order valence-electron chi connectivity index (χ1n) is 9.66. The molecule has 0 radical (unpaired) electrons. The van der Waals surface area contributed by atoms with Crippen LogP contribution in [0, 0.1) is 11.7 Å². The summed E-state index contributed by atoms with van der Waals surface area (Å²) in [5.41, 5.74) is 0.864. The first-order valence-corrected chi connectivity index (χ1v) is 9.66. The number of rotatable bonds is 8. The number of ether oxygens (including phenoxy) is 2. The molecule has 2 aliphatic rings. The molecule has 0 aromatic heterocycles. The maximum Gasteiger partial charge on any atom is 0.191 e. The Kier molecular flexibility index (Phi) is 9.08. The molecule has 1 saturated carbocycles. The molecule has 7 heteroatoms. The van der Waals surface area contributed by atoms with Crippen LogP contribution in [0.3, 0.4) is 0 Å². The van der Waals surface area contributed by atoms with Gasteiger partial charge in [0.25, 0.3) is 0 Å². The summed E-state index contributed by atoms with van der Waals surface area (Å²) in [4.78, 5) is 4.25. The molecule has 0 spiro atoms. The van der Waals surface area contributed by atoms with Crippen LogP contribution in [0.1, 0.15) is 50.6 Å². The van der Waals surface area contributed by atoms with E-state index < -0.39 is 0 Å². The highest BCUT2D eigenvalue weighted by molar-refractivity contribution is 14.0. The van der Waals surface area contributed by atoms with Gasteiger partial charge in [0.2, 0.25) is 0 Å². The molecule has 2 atom stereocenters. The first kappa shape index (κ1) is 22.2. The predicted octanol–water partition coefficient (Wildman–Crippen LogP) is 4.03. The SMILES string of the molecule is CN=C(NCCC1CCCO1)NC(C)c1ccc(OCC2CC2)c(F)c1.I. The Morgan fingerprint density at radius 1 is 1.37 bits per heavy atom. The molecule has 1 heterocycles. The molecule has 2 fully saturated rings. The van der Waals surface area contributed by atoms with Gasteiger partial charge in [0, 0.05) is 20.2 Å². The van der Waals surface area contributed by atoms with Gasteiger partial charge in [0.15, 0.2) is 17.5 Å². The van der Waals surface area contributed by atoms with E-state index in [1.165, 1.54) is 12.8 Å². The lowest BCUT2D eigenvalue weighted by atomic mass is 10.1.